The van der Waals surface area contributed by atoms with Crippen LogP contribution >= 0.6 is 0 Å². The van der Waals surface area contributed by atoms with Gasteiger partial charge in [-0.2, -0.15) is 0 Å². The number of aromatic nitrogens is 1. The smallest absolute Gasteiger partial charge is 0.188 e. The number of hydrogen-bond acceptors (Lipinski definition) is 1. The Bertz CT molecular complexity index is 2810. The molecule has 1 aliphatic heterocycles. The highest BCUT2D eigenvalue weighted by Gasteiger charge is 2.45. The fourth-order valence-electron chi connectivity index (χ4n) is 8.36. The SMILES string of the molecule is [C-]#[N+]c1ccc2c(c1)c1cc(-c3ccc4c(c3)C(c3ccccc3)(c3ccccc3)c3ccccc3O4)ccc1n2-c1ccc(-c2ccccc2)cc1. The van der Waals surface area contributed by atoms with Crippen LogP contribution in [-0.4, -0.2) is 4.57 Å². The van der Waals surface area contributed by atoms with Gasteiger partial charge in [-0.25, -0.2) is 4.85 Å². The predicted octanol–water partition coefficient (Wildman–Crippen LogP) is 13.2. The molecule has 0 saturated heterocycles. The lowest BCUT2D eigenvalue weighted by Crippen LogP contribution is -2.34. The minimum atomic E-state index is -0.598. The Kier molecular flexibility index (Phi) is 7.09. The van der Waals surface area contributed by atoms with Crippen LogP contribution in [0.4, 0.5) is 5.69 Å². The van der Waals surface area contributed by atoms with Gasteiger partial charge < -0.3 is 9.30 Å². The summed E-state index contributed by atoms with van der Waals surface area (Å²) in [6.45, 7) is 7.81. The van der Waals surface area contributed by atoms with Gasteiger partial charge in [0.2, 0.25) is 0 Å². The first-order valence-electron chi connectivity index (χ1n) is 17.9. The van der Waals surface area contributed by atoms with Crippen LogP contribution in [0.25, 0.3) is 54.6 Å². The van der Waals surface area contributed by atoms with E-state index in [1.165, 1.54) is 22.3 Å². The van der Waals surface area contributed by atoms with Crippen LogP contribution in [-0.2, 0) is 5.41 Å². The number of hydrogen-bond donors (Lipinski definition) is 0. The van der Waals surface area contributed by atoms with Gasteiger partial charge in [-0.15, -0.1) is 0 Å². The van der Waals surface area contributed by atoms with Crippen LogP contribution in [0.5, 0.6) is 11.5 Å². The predicted molar refractivity (Wildman–Crippen MR) is 216 cm³/mol. The molecule has 0 aliphatic carbocycles. The summed E-state index contributed by atoms with van der Waals surface area (Å²) in [5.41, 5.74) is 12.4. The van der Waals surface area contributed by atoms with Gasteiger partial charge in [0.05, 0.1) is 23.0 Å². The van der Waals surface area contributed by atoms with Gasteiger partial charge in [0.1, 0.15) is 11.5 Å². The van der Waals surface area contributed by atoms with Gasteiger partial charge in [-0.3, -0.25) is 0 Å². The first kappa shape index (κ1) is 30.7. The van der Waals surface area contributed by atoms with Gasteiger partial charge in [-0.05, 0) is 93.4 Å². The monoisotopic (exact) mass is 676 g/mol. The van der Waals surface area contributed by atoms with E-state index in [0.29, 0.717) is 5.69 Å². The van der Waals surface area contributed by atoms with E-state index in [-0.39, 0.29) is 0 Å². The highest BCUT2D eigenvalue weighted by molar-refractivity contribution is 6.11. The molecule has 248 valence electrons. The second kappa shape index (κ2) is 12.3. The molecule has 8 aromatic carbocycles. The molecule has 9 aromatic rings. The summed E-state index contributed by atoms with van der Waals surface area (Å²) in [6.07, 6.45) is 0. The van der Waals surface area contributed by atoms with Crippen LogP contribution < -0.4 is 4.74 Å². The summed E-state index contributed by atoms with van der Waals surface area (Å²) >= 11 is 0. The molecule has 0 atom stereocenters. The minimum absolute atomic E-state index is 0.598. The third-order valence-corrected chi connectivity index (χ3v) is 10.8. The van der Waals surface area contributed by atoms with E-state index >= 15 is 0 Å². The molecule has 0 unspecified atom stereocenters. The van der Waals surface area contributed by atoms with Crippen LogP contribution in [0.3, 0.4) is 0 Å². The fraction of sp³-hybridized carbons (Fsp3) is 0.0200. The quantitative estimate of drug-likeness (QED) is 0.166. The highest BCUT2D eigenvalue weighted by Crippen LogP contribution is 2.56. The molecule has 1 aromatic heterocycles. The largest absolute Gasteiger partial charge is 0.457 e. The average Bonchev–Trinajstić information content (AvgIpc) is 3.56. The average molecular weight is 677 g/mol. The molecule has 1 aliphatic rings. The molecule has 2 heterocycles. The summed E-state index contributed by atoms with van der Waals surface area (Å²) in [6, 6.07) is 68.5. The second-order valence-electron chi connectivity index (χ2n) is 13.6. The van der Waals surface area contributed by atoms with Crippen molar-refractivity contribution < 1.29 is 4.74 Å². The summed E-state index contributed by atoms with van der Waals surface area (Å²) < 4.78 is 8.99. The lowest BCUT2D eigenvalue weighted by Gasteiger charge is -2.41. The zero-order valence-electron chi connectivity index (χ0n) is 28.8. The van der Waals surface area contributed by atoms with Crippen LogP contribution in [0.2, 0.25) is 0 Å². The summed E-state index contributed by atoms with van der Waals surface area (Å²) in [7, 11) is 0. The van der Waals surface area contributed by atoms with E-state index in [4.69, 9.17) is 11.3 Å². The second-order valence-corrected chi connectivity index (χ2v) is 13.6. The molecular weight excluding hydrogens is 645 g/mol. The van der Waals surface area contributed by atoms with Gasteiger partial charge in [0.25, 0.3) is 0 Å². The molecular formula is C50H32N2O. The van der Waals surface area contributed by atoms with Crippen molar-refractivity contribution in [1.29, 1.82) is 0 Å². The standard InChI is InChI=1S/C50H32N2O/c1-51-40-25-29-47-43(33-40)42-31-36(23-28-46(42)52(47)41-26-21-35(22-27-41)34-13-5-2-6-14-34)37-24-30-49-45(32-37)50(38-15-7-3-8-16-38,39-17-9-4-10-18-39)44-19-11-12-20-48(44)53-49/h2-33H. The van der Waals surface area contributed by atoms with Crippen molar-refractivity contribution in [3.8, 4) is 39.4 Å². The summed E-state index contributed by atoms with van der Waals surface area (Å²) in [5.74, 6) is 1.71. The van der Waals surface area contributed by atoms with E-state index < -0.39 is 5.41 Å². The molecule has 0 fully saturated rings. The lowest BCUT2D eigenvalue weighted by molar-refractivity contribution is 0.434. The van der Waals surface area contributed by atoms with E-state index in [1.807, 2.05) is 24.3 Å². The first-order valence-corrected chi connectivity index (χ1v) is 17.9. The number of para-hydroxylation sites is 1. The van der Waals surface area contributed by atoms with Crippen LogP contribution in [0.15, 0.2) is 194 Å². The molecule has 10 rings (SSSR count). The van der Waals surface area contributed by atoms with Crippen molar-refractivity contribution in [3.05, 3.63) is 228 Å². The normalized spacial score (nSPS) is 12.8. The summed E-state index contributed by atoms with van der Waals surface area (Å²) in [4.78, 5) is 3.80. The van der Waals surface area contributed by atoms with E-state index in [1.54, 1.807) is 0 Å². The Labute approximate surface area is 308 Å². The molecule has 0 saturated carbocycles. The zero-order valence-corrected chi connectivity index (χ0v) is 28.8. The zero-order chi connectivity index (χ0) is 35.4. The van der Waals surface area contributed by atoms with E-state index in [2.05, 4.69) is 179 Å². The van der Waals surface area contributed by atoms with Crippen molar-refractivity contribution in [2.24, 2.45) is 0 Å². The minimum Gasteiger partial charge on any atom is -0.457 e. The third-order valence-electron chi connectivity index (χ3n) is 10.8. The maximum absolute atomic E-state index is 7.81. The van der Waals surface area contributed by atoms with Gasteiger partial charge in [-0.1, -0.05) is 140 Å². The topological polar surface area (TPSA) is 18.5 Å². The molecule has 0 amide bonds. The Morgan fingerprint density at radius 3 is 1.66 bits per heavy atom. The number of fused-ring (bicyclic) bond motifs is 5. The molecule has 53 heavy (non-hydrogen) atoms. The molecule has 3 nitrogen and oxygen atoms in total. The van der Waals surface area contributed by atoms with Crippen molar-refractivity contribution in [3.63, 3.8) is 0 Å². The number of benzene rings is 8. The Morgan fingerprint density at radius 1 is 0.434 bits per heavy atom. The maximum atomic E-state index is 7.81. The molecule has 0 radical (unpaired) electrons. The molecule has 3 heteroatoms. The van der Waals surface area contributed by atoms with Crippen LogP contribution in [0.1, 0.15) is 22.3 Å². The maximum Gasteiger partial charge on any atom is 0.188 e. The molecule has 0 bridgehead atoms. The Balaban J connectivity index is 1.18. The molecule has 0 N–H and O–H groups in total. The van der Waals surface area contributed by atoms with E-state index in [0.717, 1.165) is 61.2 Å². The highest BCUT2D eigenvalue weighted by atomic mass is 16.5. The van der Waals surface area contributed by atoms with Gasteiger partial charge >= 0.3 is 0 Å². The number of rotatable bonds is 5. The Hall–Kier alpha value is -7.15. The van der Waals surface area contributed by atoms with Crippen molar-refractivity contribution in [1.82, 2.24) is 4.57 Å². The Morgan fingerprint density at radius 2 is 0.962 bits per heavy atom. The first-order chi connectivity index (χ1) is 26.2. The lowest BCUT2D eigenvalue weighted by atomic mass is 9.63. The summed E-state index contributed by atoms with van der Waals surface area (Å²) in [5, 5.41) is 2.16. The fourth-order valence-corrected chi connectivity index (χ4v) is 8.36. The van der Waals surface area contributed by atoms with Crippen molar-refractivity contribution >= 4 is 27.5 Å². The van der Waals surface area contributed by atoms with Crippen molar-refractivity contribution in [2.45, 2.75) is 5.41 Å². The third kappa shape index (κ3) is 4.81. The number of ether oxygens (including phenoxy) is 1. The van der Waals surface area contributed by atoms with Gasteiger partial charge in [0, 0.05) is 22.2 Å². The van der Waals surface area contributed by atoms with E-state index in [9.17, 15) is 0 Å². The van der Waals surface area contributed by atoms with Crippen molar-refractivity contribution in [2.75, 3.05) is 0 Å². The number of nitrogens with zero attached hydrogens (tertiary/aromatic N) is 2. The van der Waals surface area contributed by atoms with Crippen LogP contribution in [0, 0.1) is 6.57 Å². The molecule has 0 spiro atoms. The van der Waals surface area contributed by atoms with Gasteiger partial charge in [0.15, 0.2) is 5.69 Å².